The van der Waals surface area contributed by atoms with E-state index in [1.165, 1.54) is 22.9 Å². The molecule has 0 N–H and O–H groups in total. The number of rotatable bonds is 5. The fourth-order valence-electron chi connectivity index (χ4n) is 8.19. The summed E-state index contributed by atoms with van der Waals surface area (Å²) in [5.74, 6) is 1.11. The molecule has 6 heteroatoms. The van der Waals surface area contributed by atoms with Gasteiger partial charge in [-0.1, -0.05) is 109 Å². The molecule has 0 fully saturated rings. The van der Waals surface area contributed by atoms with E-state index in [4.69, 9.17) is 27.6 Å². The molecule has 0 atom stereocenters. The van der Waals surface area contributed by atoms with Gasteiger partial charge in [0.25, 0.3) is 0 Å². The zero-order valence-corrected chi connectivity index (χ0v) is 30.1. The van der Waals surface area contributed by atoms with Gasteiger partial charge in [0.05, 0.1) is 36.0 Å². The van der Waals surface area contributed by atoms with Crippen molar-refractivity contribution in [1.29, 1.82) is 0 Å². The van der Waals surface area contributed by atoms with Gasteiger partial charge in [0.1, 0.15) is 11.2 Å². The highest BCUT2D eigenvalue weighted by Crippen LogP contribution is 2.38. The van der Waals surface area contributed by atoms with Crippen LogP contribution in [0, 0.1) is 0 Å². The summed E-state index contributed by atoms with van der Waals surface area (Å²) in [5.41, 5.74) is 7.59. The zero-order chi connectivity index (χ0) is 42.7. The van der Waals surface area contributed by atoms with Gasteiger partial charge in [-0.25, -0.2) is 15.0 Å². The molecule has 0 aliphatic carbocycles. The molecule has 0 radical (unpaired) electrons. The molecule has 0 amide bonds. The number of hydrogen-bond acceptors (Lipinski definition) is 4. The van der Waals surface area contributed by atoms with E-state index in [0.717, 1.165) is 38.6 Å². The number of fused-ring (bicyclic) bond motifs is 9. The molecular formula is C51H31N5O. The van der Waals surface area contributed by atoms with Gasteiger partial charge in [-0.3, -0.25) is 0 Å². The summed E-state index contributed by atoms with van der Waals surface area (Å²) in [5, 5.41) is 4.64. The lowest BCUT2D eigenvalue weighted by Gasteiger charge is -2.14. The zero-order valence-electron chi connectivity index (χ0n) is 36.1. The Morgan fingerprint density at radius 3 is 1.68 bits per heavy atom. The van der Waals surface area contributed by atoms with Crippen molar-refractivity contribution >= 4 is 65.6 Å². The van der Waals surface area contributed by atoms with Crippen molar-refractivity contribution in [1.82, 2.24) is 24.1 Å². The molecule has 0 aliphatic rings. The molecule has 57 heavy (non-hydrogen) atoms. The highest BCUT2D eigenvalue weighted by Gasteiger charge is 2.20. The first kappa shape index (κ1) is 26.1. The first-order chi connectivity index (χ1) is 30.7. The summed E-state index contributed by atoms with van der Waals surface area (Å²) >= 11 is 0. The SMILES string of the molecule is [2H]c1cc([2H])c2c(c1[2H])c1c([2H])c([2H])cc([2H])c1n2-c1ccccc1-c1nc(-c2ccc(-n3c4ccccc4c4ccccc43)cc2)nc(-c2ccc3c(c2)oc2ccccc23)n1. The van der Waals surface area contributed by atoms with Crippen LogP contribution in [0.5, 0.6) is 0 Å². The highest BCUT2D eigenvalue weighted by atomic mass is 16.3. The Bertz CT molecular complexity index is 3770. The molecule has 0 saturated carbocycles. The summed E-state index contributed by atoms with van der Waals surface area (Å²) in [6.45, 7) is 0. The number of para-hydroxylation sites is 6. The van der Waals surface area contributed by atoms with Crippen LogP contribution in [0.2, 0.25) is 0 Å². The number of furan rings is 1. The molecule has 4 aromatic heterocycles. The van der Waals surface area contributed by atoms with Gasteiger partial charge in [-0.2, -0.15) is 0 Å². The summed E-state index contributed by atoms with van der Waals surface area (Å²) in [6.07, 6.45) is 0. The van der Waals surface area contributed by atoms with Crippen LogP contribution in [-0.2, 0) is 0 Å². The quantitative estimate of drug-likeness (QED) is 0.177. The lowest BCUT2D eigenvalue weighted by molar-refractivity contribution is 0.669. The second-order valence-corrected chi connectivity index (χ2v) is 13.9. The standard InChI is InChI=1S/C51H31N5O/c1-7-19-42-35(13-1)36-14-2-8-20-43(36)55(42)34-28-25-32(26-29-34)49-52-50(33-27-30-40-39-17-6-12-24-47(39)57-48(40)31-33)54-51(53-49)41-18-5-11-23-46(41)56-44-21-9-3-15-37(44)38-16-4-10-22-45(38)56/h1-31H/i3D,4D,15D,16D,21D,22D. The Kier molecular flexibility index (Phi) is 5.64. The van der Waals surface area contributed by atoms with Crippen LogP contribution in [0.1, 0.15) is 8.22 Å². The molecule has 6 nitrogen and oxygen atoms in total. The van der Waals surface area contributed by atoms with E-state index in [1.807, 2.05) is 91.0 Å². The van der Waals surface area contributed by atoms with Crippen LogP contribution in [0.3, 0.4) is 0 Å². The molecule has 0 aliphatic heterocycles. The minimum Gasteiger partial charge on any atom is -0.456 e. The van der Waals surface area contributed by atoms with Crippen LogP contribution in [0.25, 0.3) is 111 Å². The fraction of sp³-hybridized carbons (Fsp3) is 0. The van der Waals surface area contributed by atoms with Crippen molar-refractivity contribution in [2.24, 2.45) is 0 Å². The number of benzene rings is 8. The third kappa shape index (κ3) is 4.87. The van der Waals surface area contributed by atoms with Crippen LogP contribution < -0.4 is 0 Å². The van der Waals surface area contributed by atoms with E-state index >= 15 is 0 Å². The first-order valence-electron chi connectivity index (χ1n) is 21.6. The molecule has 266 valence electrons. The Labute approximate surface area is 335 Å². The van der Waals surface area contributed by atoms with Crippen molar-refractivity contribution in [2.75, 3.05) is 0 Å². The average Bonchev–Trinajstić information content (AvgIpc) is 3.99. The maximum Gasteiger partial charge on any atom is 0.166 e. The van der Waals surface area contributed by atoms with E-state index in [9.17, 15) is 0 Å². The molecule has 0 bridgehead atoms. The molecule has 0 saturated heterocycles. The van der Waals surface area contributed by atoms with Crippen molar-refractivity contribution < 1.29 is 12.6 Å². The second-order valence-electron chi connectivity index (χ2n) is 13.9. The average molecular weight is 736 g/mol. The predicted octanol–water partition coefficient (Wildman–Crippen LogP) is 13.0. The van der Waals surface area contributed by atoms with Gasteiger partial charge in [0.2, 0.25) is 0 Å². The van der Waals surface area contributed by atoms with Crippen molar-refractivity contribution in [3.63, 3.8) is 0 Å². The Morgan fingerprint density at radius 2 is 0.965 bits per heavy atom. The maximum absolute atomic E-state index is 9.11. The number of nitrogens with zero attached hydrogens (tertiary/aromatic N) is 5. The molecule has 4 heterocycles. The molecule has 12 aromatic rings. The first-order valence-corrected chi connectivity index (χ1v) is 18.6. The maximum atomic E-state index is 9.11. The van der Waals surface area contributed by atoms with Gasteiger partial charge < -0.3 is 13.6 Å². The topological polar surface area (TPSA) is 61.7 Å². The van der Waals surface area contributed by atoms with Crippen LogP contribution in [-0.4, -0.2) is 24.1 Å². The summed E-state index contributed by atoms with van der Waals surface area (Å²) < 4.78 is 63.3. The summed E-state index contributed by atoms with van der Waals surface area (Å²) in [4.78, 5) is 15.3. The molecule has 12 rings (SSSR count). The van der Waals surface area contributed by atoms with E-state index in [-0.39, 0.29) is 58.1 Å². The Hall–Kier alpha value is -7.83. The lowest BCUT2D eigenvalue weighted by atomic mass is 10.1. The minimum atomic E-state index is -0.184. The number of aromatic nitrogens is 5. The summed E-state index contributed by atoms with van der Waals surface area (Å²) in [6, 6.07) is 47.8. The van der Waals surface area contributed by atoms with Crippen LogP contribution in [0.15, 0.2) is 192 Å². The fourth-order valence-corrected chi connectivity index (χ4v) is 8.19. The van der Waals surface area contributed by atoms with Gasteiger partial charge >= 0.3 is 0 Å². The largest absolute Gasteiger partial charge is 0.456 e. The van der Waals surface area contributed by atoms with Crippen molar-refractivity contribution in [3.05, 3.63) is 188 Å². The Morgan fingerprint density at radius 1 is 0.404 bits per heavy atom. The second kappa shape index (κ2) is 12.3. The van der Waals surface area contributed by atoms with E-state index in [2.05, 4.69) is 53.1 Å². The number of hydrogen-bond donors (Lipinski definition) is 0. The third-order valence-corrected chi connectivity index (χ3v) is 10.7. The van der Waals surface area contributed by atoms with Gasteiger partial charge in [-0.15, -0.1) is 0 Å². The summed E-state index contributed by atoms with van der Waals surface area (Å²) in [7, 11) is 0. The van der Waals surface area contributed by atoms with Crippen molar-refractivity contribution in [3.8, 4) is 45.5 Å². The minimum absolute atomic E-state index is 0.0539. The van der Waals surface area contributed by atoms with Crippen LogP contribution >= 0.6 is 0 Å². The Balaban J connectivity index is 1.09. The van der Waals surface area contributed by atoms with E-state index in [1.54, 1.807) is 4.57 Å². The third-order valence-electron chi connectivity index (χ3n) is 10.7. The van der Waals surface area contributed by atoms with Gasteiger partial charge in [0, 0.05) is 54.7 Å². The van der Waals surface area contributed by atoms with Crippen molar-refractivity contribution in [2.45, 2.75) is 0 Å². The highest BCUT2D eigenvalue weighted by molar-refractivity contribution is 6.11. The molecule has 8 aromatic carbocycles. The molecule has 0 spiro atoms. The molecule has 0 unspecified atom stereocenters. The monoisotopic (exact) mass is 735 g/mol. The molecular weight excluding hydrogens is 699 g/mol. The van der Waals surface area contributed by atoms with Gasteiger partial charge in [-0.05, 0) is 78.8 Å². The van der Waals surface area contributed by atoms with Gasteiger partial charge in [0.15, 0.2) is 17.5 Å². The lowest BCUT2D eigenvalue weighted by Crippen LogP contribution is -2.03. The smallest absolute Gasteiger partial charge is 0.166 e. The van der Waals surface area contributed by atoms with Crippen LogP contribution in [0.4, 0.5) is 0 Å². The van der Waals surface area contributed by atoms with E-state index in [0.29, 0.717) is 39.9 Å². The van der Waals surface area contributed by atoms with E-state index < -0.39 is 0 Å². The normalized spacial score (nSPS) is 13.3. The predicted molar refractivity (Wildman–Crippen MR) is 232 cm³/mol.